The summed E-state index contributed by atoms with van der Waals surface area (Å²) >= 11 is 17.9. The van der Waals surface area contributed by atoms with Crippen LogP contribution in [0.25, 0.3) is 0 Å². The summed E-state index contributed by atoms with van der Waals surface area (Å²) in [7, 11) is -11.2. The van der Waals surface area contributed by atoms with Crippen molar-refractivity contribution in [3.8, 4) is 0 Å². The molecule has 0 aliphatic heterocycles. The highest BCUT2D eigenvalue weighted by atomic mass is 35.5. The minimum absolute atomic E-state index is 0.0760. The molecular weight excluding hydrogens is 683 g/mol. The van der Waals surface area contributed by atoms with Crippen LogP contribution in [0.15, 0.2) is 72.8 Å². The molecule has 0 bridgehead atoms. The van der Waals surface area contributed by atoms with Crippen LogP contribution in [0.5, 0.6) is 0 Å². The topological polar surface area (TPSA) is 130 Å². The summed E-state index contributed by atoms with van der Waals surface area (Å²) in [6.45, 7) is 0. The lowest BCUT2D eigenvalue weighted by atomic mass is 9.83. The fraction of sp³-hybridized carbons (Fsp3) is 0.357. The molecule has 0 fully saturated rings. The largest absolute Gasteiger partial charge is 0.265 e. The van der Waals surface area contributed by atoms with Gasteiger partial charge < -0.3 is 0 Å². The molecule has 0 aromatic heterocycles. The van der Waals surface area contributed by atoms with E-state index in [0.29, 0.717) is 16.7 Å². The van der Waals surface area contributed by atoms with Gasteiger partial charge in [-0.25, -0.2) is 0 Å². The maximum atomic E-state index is 11.7. The van der Waals surface area contributed by atoms with Gasteiger partial charge in [0, 0.05) is 5.92 Å². The van der Waals surface area contributed by atoms with Crippen LogP contribution >= 0.6 is 34.8 Å². The van der Waals surface area contributed by atoms with Gasteiger partial charge in [0.15, 0.2) is 0 Å². The summed E-state index contributed by atoms with van der Waals surface area (Å²) in [4.78, 5) is 0. The molecule has 9 nitrogen and oxygen atoms in total. The van der Waals surface area contributed by atoms with Crippen molar-refractivity contribution in [1.82, 2.24) is 0 Å². The first-order valence-corrected chi connectivity index (χ1v) is 19.7. The SMILES string of the molecule is CS(=O)(=O)OC(CCl)c1ccc(C(c2ccc(C(CCl)OS(C)(=O)=O)cc2)c2ccc(C(CCl)OS(C)(=O)=O)cc2)cc1. The van der Waals surface area contributed by atoms with Gasteiger partial charge in [0.25, 0.3) is 30.4 Å². The second-order valence-electron chi connectivity index (χ2n) is 9.76. The zero-order valence-electron chi connectivity index (χ0n) is 23.4. The molecule has 236 valence electrons. The number of rotatable bonds is 15. The van der Waals surface area contributed by atoms with E-state index in [9.17, 15) is 25.3 Å². The van der Waals surface area contributed by atoms with E-state index in [-0.39, 0.29) is 23.6 Å². The Labute approximate surface area is 268 Å². The van der Waals surface area contributed by atoms with Crippen molar-refractivity contribution < 1.29 is 37.8 Å². The monoisotopic (exact) mass is 712 g/mol. The van der Waals surface area contributed by atoms with E-state index in [1.807, 2.05) is 36.4 Å². The van der Waals surface area contributed by atoms with Crippen molar-refractivity contribution in [2.45, 2.75) is 24.2 Å². The van der Waals surface area contributed by atoms with E-state index < -0.39 is 48.7 Å². The Hall–Kier alpha value is -1.74. The molecule has 0 N–H and O–H groups in total. The molecule has 0 saturated carbocycles. The van der Waals surface area contributed by atoms with Crippen molar-refractivity contribution >= 4 is 65.2 Å². The van der Waals surface area contributed by atoms with Crippen molar-refractivity contribution in [2.24, 2.45) is 0 Å². The van der Waals surface area contributed by atoms with Crippen LogP contribution in [0.2, 0.25) is 0 Å². The number of hydrogen-bond donors (Lipinski definition) is 0. The van der Waals surface area contributed by atoms with Crippen LogP contribution in [-0.4, -0.2) is 61.7 Å². The van der Waals surface area contributed by atoms with E-state index in [1.165, 1.54) is 0 Å². The first-order valence-electron chi connectivity index (χ1n) is 12.7. The van der Waals surface area contributed by atoms with Crippen LogP contribution in [0.4, 0.5) is 0 Å². The summed E-state index contributed by atoms with van der Waals surface area (Å²) in [6, 6.07) is 21.4. The van der Waals surface area contributed by atoms with Crippen LogP contribution in [-0.2, 0) is 42.9 Å². The molecule has 0 radical (unpaired) electrons. The summed E-state index contributed by atoms with van der Waals surface area (Å²) in [5.74, 6) is -0.577. The lowest BCUT2D eigenvalue weighted by molar-refractivity contribution is 0.239. The van der Waals surface area contributed by atoms with Gasteiger partial charge >= 0.3 is 0 Å². The van der Waals surface area contributed by atoms with Gasteiger partial charge in [-0.15, -0.1) is 34.8 Å². The molecule has 0 aliphatic carbocycles. The number of benzene rings is 3. The highest BCUT2D eigenvalue weighted by Gasteiger charge is 2.23. The Kier molecular flexibility index (Phi) is 12.5. The molecule has 0 spiro atoms. The van der Waals surface area contributed by atoms with Gasteiger partial charge in [0.2, 0.25) is 0 Å². The third-order valence-corrected chi connectivity index (χ3v) is 8.80. The summed E-state index contributed by atoms with van der Waals surface area (Å²) in [5, 5.41) is 0. The molecule has 3 atom stereocenters. The van der Waals surface area contributed by atoms with E-state index in [1.54, 1.807) is 36.4 Å². The number of halogens is 3. The Morgan fingerprint density at radius 2 is 0.628 bits per heavy atom. The lowest BCUT2D eigenvalue weighted by Crippen LogP contribution is -2.13. The molecular formula is C28H31Cl3O9S3. The molecule has 0 amide bonds. The smallest absolute Gasteiger partial charge is 0.261 e. The Bertz CT molecular complexity index is 1480. The Morgan fingerprint density at radius 3 is 0.791 bits per heavy atom. The standard InChI is InChI=1S/C28H31Cl3O9S3/c1-41(32,33)38-25(16-29)19-4-10-22(11-5-19)28(23-12-6-20(7-13-23)26(17-30)39-42(2,34)35)24-14-8-21(9-15-24)27(18-31)40-43(3,36)37/h4-15,25-28H,16-18H2,1-3H3. The van der Waals surface area contributed by atoms with Crippen molar-refractivity contribution in [3.05, 3.63) is 106 Å². The van der Waals surface area contributed by atoms with E-state index >= 15 is 0 Å². The Morgan fingerprint density at radius 1 is 0.442 bits per heavy atom. The van der Waals surface area contributed by atoms with Crippen molar-refractivity contribution in [3.63, 3.8) is 0 Å². The quantitative estimate of drug-likeness (QED) is 0.112. The third-order valence-electron chi connectivity index (χ3n) is 6.22. The van der Waals surface area contributed by atoms with Gasteiger partial charge in [-0.05, 0) is 33.4 Å². The zero-order chi connectivity index (χ0) is 32.0. The highest BCUT2D eigenvalue weighted by Crippen LogP contribution is 2.35. The van der Waals surface area contributed by atoms with Crippen molar-refractivity contribution in [1.29, 1.82) is 0 Å². The summed E-state index contributed by atoms with van der Waals surface area (Å²) in [6.07, 6.45) is 0.258. The molecule has 3 unspecified atom stereocenters. The molecule has 0 aliphatic rings. The molecule has 3 aromatic rings. The molecule has 3 aromatic carbocycles. The van der Waals surface area contributed by atoms with Crippen LogP contribution in [0.3, 0.4) is 0 Å². The van der Waals surface area contributed by atoms with Crippen LogP contribution in [0.1, 0.15) is 57.6 Å². The van der Waals surface area contributed by atoms with Gasteiger partial charge in [-0.2, -0.15) is 25.3 Å². The molecule has 43 heavy (non-hydrogen) atoms. The summed E-state index contributed by atoms with van der Waals surface area (Å²) < 4.78 is 85.4. The molecule has 15 heteroatoms. The van der Waals surface area contributed by atoms with Gasteiger partial charge in [0.05, 0.1) is 36.4 Å². The number of alkyl halides is 3. The minimum Gasteiger partial charge on any atom is -0.261 e. The normalized spacial score (nSPS) is 15.5. The lowest BCUT2D eigenvalue weighted by Gasteiger charge is -2.22. The first-order chi connectivity index (χ1) is 20.0. The molecule has 0 heterocycles. The van der Waals surface area contributed by atoms with Gasteiger partial charge in [-0.1, -0.05) is 72.8 Å². The predicted octanol–water partition coefficient (Wildman–Crippen LogP) is 5.64. The van der Waals surface area contributed by atoms with Crippen molar-refractivity contribution in [2.75, 3.05) is 36.4 Å². The van der Waals surface area contributed by atoms with Crippen LogP contribution < -0.4 is 0 Å². The summed E-state index contributed by atoms with van der Waals surface area (Å²) in [5.41, 5.74) is 4.21. The average Bonchev–Trinajstić information content (AvgIpc) is 2.93. The van der Waals surface area contributed by atoms with E-state index in [0.717, 1.165) is 35.5 Å². The fourth-order valence-corrected chi connectivity index (χ4v) is 7.18. The third kappa shape index (κ3) is 11.0. The van der Waals surface area contributed by atoms with Crippen LogP contribution in [0, 0.1) is 0 Å². The molecule has 3 rings (SSSR count). The first kappa shape index (κ1) is 35.7. The highest BCUT2D eigenvalue weighted by molar-refractivity contribution is 7.86. The van der Waals surface area contributed by atoms with E-state index in [2.05, 4.69) is 0 Å². The average molecular weight is 714 g/mol. The predicted molar refractivity (Wildman–Crippen MR) is 168 cm³/mol. The minimum atomic E-state index is -3.74. The van der Waals surface area contributed by atoms with Gasteiger partial charge in [-0.3, -0.25) is 12.5 Å². The second-order valence-corrected chi connectivity index (χ2v) is 15.5. The maximum Gasteiger partial charge on any atom is 0.265 e. The fourth-order valence-electron chi connectivity index (χ4n) is 4.43. The zero-order valence-corrected chi connectivity index (χ0v) is 28.1. The second kappa shape index (κ2) is 15.0. The van der Waals surface area contributed by atoms with Gasteiger partial charge in [0.1, 0.15) is 18.3 Å². The Balaban J connectivity index is 2.05. The maximum absolute atomic E-state index is 11.7. The number of hydrogen-bond acceptors (Lipinski definition) is 9. The molecule has 0 saturated heterocycles. The van der Waals surface area contributed by atoms with E-state index in [4.69, 9.17) is 47.4 Å².